The minimum atomic E-state index is -4.51. The lowest BCUT2D eigenvalue weighted by molar-refractivity contribution is -0.137. The van der Waals surface area contributed by atoms with Crippen LogP contribution in [0.2, 0.25) is 5.02 Å². The number of carbonyl (C=O) groups excluding carboxylic acids is 2. The molecule has 2 amide bonds. The molecule has 4 nitrogen and oxygen atoms in total. The molecule has 0 aliphatic rings. The van der Waals surface area contributed by atoms with E-state index in [0.29, 0.717) is 10.6 Å². The lowest BCUT2D eigenvalue weighted by atomic mass is 10.1. The van der Waals surface area contributed by atoms with Crippen LogP contribution in [0, 0.1) is 0 Å². The van der Waals surface area contributed by atoms with Gasteiger partial charge >= 0.3 is 6.18 Å². The van der Waals surface area contributed by atoms with Crippen LogP contribution in [0.15, 0.2) is 48.5 Å². The molecular weight excluding hydrogens is 357 g/mol. The van der Waals surface area contributed by atoms with Gasteiger partial charge in [0.25, 0.3) is 11.8 Å². The third-order valence-corrected chi connectivity index (χ3v) is 3.60. The summed E-state index contributed by atoms with van der Waals surface area (Å²) in [6.45, 7) is 0.167. The normalized spacial score (nSPS) is 11.0. The Balaban J connectivity index is 1.85. The molecule has 0 unspecified atom stereocenters. The Morgan fingerprint density at radius 1 is 0.920 bits per heavy atom. The van der Waals surface area contributed by atoms with Crippen molar-refractivity contribution in [2.75, 3.05) is 13.1 Å². The zero-order chi connectivity index (χ0) is 18.4. The van der Waals surface area contributed by atoms with Crippen LogP contribution in [0.4, 0.5) is 13.2 Å². The number of nitrogens with one attached hydrogen (secondary N) is 2. The summed E-state index contributed by atoms with van der Waals surface area (Å²) in [4.78, 5) is 23.8. The quantitative estimate of drug-likeness (QED) is 0.791. The van der Waals surface area contributed by atoms with Crippen molar-refractivity contribution in [1.29, 1.82) is 0 Å². The zero-order valence-corrected chi connectivity index (χ0v) is 13.6. The van der Waals surface area contributed by atoms with E-state index in [-0.39, 0.29) is 18.7 Å². The molecule has 0 aromatic heterocycles. The topological polar surface area (TPSA) is 58.2 Å². The van der Waals surface area contributed by atoms with E-state index >= 15 is 0 Å². The first-order valence-corrected chi connectivity index (χ1v) is 7.65. The van der Waals surface area contributed by atoms with Gasteiger partial charge in [-0.1, -0.05) is 29.8 Å². The molecule has 0 heterocycles. The Morgan fingerprint density at radius 2 is 1.56 bits per heavy atom. The number of alkyl halides is 3. The predicted molar refractivity (Wildman–Crippen MR) is 87.6 cm³/mol. The third-order valence-electron chi connectivity index (χ3n) is 3.27. The summed E-state index contributed by atoms with van der Waals surface area (Å²) >= 11 is 5.89. The fourth-order valence-electron chi connectivity index (χ4n) is 2.03. The summed E-state index contributed by atoms with van der Waals surface area (Å²) in [5, 5.41) is 5.31. The molecule has 2 N–H and O–H groups in total. The summed E-state index contributed by atoms with van der Waals surface area (Å²) in [5.74, 6) is -1.06. The van der Waals surface area contributed by atoms with Gasteiger partial charge in [-0.05, 0) is 30.3 Å². The highest BCUT2D eigenvalue weighted by Gasteiger charge is 2.30. The number of hydrogen-bond acceptors (Lipinski definition) is 2. The molecule has 0 saturated carbocycles. The van der Waals surface area contributed by atoms with Gasteiger partial charge in [0, 0.05) is 18.7 Å². The van der Waals surface area contributed by atoms with Gasteiger partial charge in [-0.2, -0.15) is 13.2 Å². The Morgan fingerprint density at radius 3 is 2.20 bits per heavy atom. The fraction of sp³-hybridized carbons (Fsp3) is 0.176. The number of carbonyl (C=O) groups is 2. The van der Waals surface area contributed by atoms with Crippen molar-refractivity contribution in [1.82, 2.24) is 10.6 Å². The lowest BCUT2D eigenvalue weighted by Gasteiger charge is -2.10. The highest BCUT2D eigenvalue weighted by molar-refractivity contribution is 6.33. The molecule has 0 fully saturated rings. The standard InChI is InChI=1S/C17H14ClF3N2O2/c18-14-7-2-1-6-13(14)16(25)23-9-8-22-15(24)11-4-3-5-12(10-11)17(19,20)21/h1-7,10H,8-9H2,(H,22,24)(H,23,25). The van der Waals surface area contributed by atoms with Gasteiger partial charge in [0.15, 0.2) is 0 Å². The predicted octanol–water partition coefficient (Wildman–Crippen LogP) is 3.52. The molecule has 2 aromatic carbocycles. The molecule has 0 spiro atoms. The summed E-state index contributed by atoms with van der Waals surface area (Å²) < 4.78 is 37.9. The average molecular weight is 371 g/mol. The molecule has 0 atom stereocenters. The highest BCUT2D eigenvalue weighted by atomic mass is 35.5. The van der Waals surface area contributed by atoms with E-state index in [9.17, 15) is 22.8 Å². The van der Waals surface area contributed by atoms with Crippen LogP contribution in [0.1, 0.15) is 26.3 Å². The third kappa shape index (κ3) is 5.22. The number of amides is 2. The maximum absolute atomic E-state index is 12.6. The summed E-state index contributed by atoms with van der Waals surface area (Å²) in [6, 6.07) is 10.6. The Labute approximate surface area is 147 Å². The second-order valence-corrected chi connectivity index (χ2v) is 5.48. The summed E-state index contributed by atoms with van der Waals surface area (Å²) in [5.41, 5.74) is -0.701. The van der Waals surface area contributed by atoms with Crippen molar-refractivity contribution < 1.29 is 22.8 Å². The molecule has 2 rings (SSSR count). The summed E-state index contributed by atoms with van der Waals surface area (Å²) in [6.07, 6.45) is -4.51. The smallest absolute Gasteiger partial charge is 0.350 e. The molecule has 25 heavy (non-hydrogen) atoms. The van der Waals surface area contributed by atoms with Crippen molar-refractivity contribution in [2.24, 2.45) is 0 Å². The maximum Gasteiger partial charge on any atom is 0.416 e. The highest BCUT2D eigenvalue weighted by Crippen LogP contribution is 2.29. The summed E-state index contributed by atoms with van der Waals surface area (Å²) in [7, 11) is 0. The number of benzene rings is 2. The van der Waals surface area contributed by atoms with Gasteiger partial charge in [-0.15, -0.1) is 0 Å². The lowest BCUT2D eigenvalue weighted by Crippen LogP contribution is -2.34. The van der Waals surface area contributed by atoms with Crippen molar-refractivity contribution in [3.63, 3.8) is 0 Å². The molecule has 0 radical (unpaired) electrons. The van der Waals surface area contributed by atoms with E-state index < -0.39 is 23.6 Å². The van der Waals surface area contributed by atoms with Gasteiger partial charge in [0.1, 0.15) is 0 Å². The van der Waals surface area contributed by atoms with E-state index in [1.165, 1.54) is 6.07 Å². The monoisotopic (exact) mass is 370 g/mol. The molecular formula is C17H14ClF3N2O2. The largest absolute Gasteiger partial charge is 0.416 e. The second-order valence-electron chi connectivity index (χ2n) is 5.07. The van der Waals surface area contributed by atoms with E-state index in [4.69, 9.17) is 11.6 Å². The zero-order valence-electron chi connectivity index (χ0n) is 12.9. The van der Waals surface area contributed by atoms with Crippen LogP contribution in [-0.2, 0) is 6.18 Å². The Bertz CT molecular complexity index is 778. The first kappa shape index (κ1) is 18.8. The van der Waals surface area contributed by atoms with Crippen LogP contribution in [0.25, 0.3) is 0 Å². The van der Waals surface area contributed by atoms with Gasteiger partial charge in [-0.3, -0.25) is 9.59 Å². The van der Waals surface area contributed by atoms with E-state index in [1.807, 2.05) is 0 Å². The molecule has 2 aromatic rings. The van der Waals surface area contributed by atoms with Gasteiger partial charge < -0.3 is 10.6 Å². The van der Waals surface area contributed by atoms with Gasteiger partial charge in [0.05, 0.1) is 16.1 Å². The molecule has 8 heteroatoms. The molecule has 132 valence electrons. The average Bonchev–Trinajstić information content (AvgIpc) is 2.58. The molecule has 0 saturated heterocycles. The molecule has 0 aliphatic heterocycles. The van der Waals surface area contributed by atoms with Crippen LogP contribution in [0.3, 0.4) is 0 Å². The van der Waals surface area contributed by atoms with Crippen LogP contribution in [-0.4, -0.2) is 24.9 Å². The SMILES string of the molecule is O=C(NCCNC(=O)c1ccccc1Cl)c1cccc(C(F)(F)F)c1. The van der Waals surface area contributed by atoms with Crippen molar-refractivity contribution in [3.05, 3.63) is 70.2 Å². The van der Waals surface area contributed by atoms with E-state index in [0.717, 1.165) is 18.2 Å². The van der Waals surface area contributed by atoms with Crippen LogP contribution < -0.4 is 10.6 Å². The fourth-order valence-corrected chi connectivity index (χ4v) is 2.25. The van der Waals surface area contributed by atoms with Crippen molar-refractivity contribution in [2.45, 2.75) is 6.18 Å². The Hall–Kier alpha value is -2.54. The first-order chi connectivity index (χ1) is 11.8. The van der Waals surface area contributed by atoms with Crippen molar-refractivity contribution >= 4 is 23.4 Å². The van der Waals surface area contributed by atoms with Crippen LogP contribution >= 0.6 is 11.6 Å². The van der Waals surface area contributed by atoms with E-state index in [1.54, 1.807) is 24.3 Å². The van der Waals surface area contributed by atoms with Crippen molar-refractivity contribution in [3.8, 4) is 0 Å². The number of rotatable bonds is 5. The minimum Gasteiger partial charge on any atom is -0.350 e. The number of hydrogen-bond donors (Lipinski definition) is 2. The first-order valence-electron chi connectivity index (χ1n) is 7.27. The Kier molecular flexibility index (Phi) is 6.03. The second kappa shape index (κ2) is 8.02. The van der Waals surface area contributed by atoms with Gasteiger partial charge in [0.2, 0.25) is 0 Å². The molecule has 0 bridgehead atoms. The van der Waals surface area contributed by atoms with Gasteiger partial charge in [-0.25, -0.2) is 0 Å². The van der Waals surface area contributed by atoms with E-state index in [2.05, 4.69) is 10.6 Å². The molecule has 0 aliphatic carbocycles. The maximum atomic E-state index is 12.6. The number of halogens is 4. The minimum absolute atomic E-state index is 0.0608. The van der Waals surface area contributed by atoms with Crippen LogP contribution in [0.5, 0.6) is 0 Å².